The third kappa shape index (κ3) is 1.96. The minimum atomic E-state index is -0.421. The van der Waals surface area contributed by atoms with Gasteiger partial charge in [0, 0.05) is 16.8 Å². The second-order valence-corrected chi connectivity index (χ2v) is 4.26. The third-order valence-electron chi connectivity index (χ3n) is 2.03. The Kier molecular flexibility index (Phi) is 2.89. The first-order chi connectivity index (χ1) is 7.11. The number of hydrogen-bond donors (Lipinski definition) is 0. The summed E-state index contributed by atoms with van der Waals surface area (Å²) in [5.74, 6) is 0.186. The Morgan fingerprint density at radius 1 is 1.40 bits per heavy atom. The molecule has 0 amide bonds. The molecule has 0 aliphatic heterocycles. The number of nitrogens with zero attached hydrogens (tertiary/aromatic N) is 2. The molecule has 1 aromatic heterocycles. The van der Waals surface area contributed by atoms with Gasteiger partial charge >= 0.3 is 0 Å². The van der Waals surface area contributed by atoms with Crippen molar-refractivity contribution >= 4 is 38.4 Å². The molecule has 0 N–H and O–H groups in total. The Bertz CT molecular complexity index is 530. The topological polar surface area (TPSA) is 25.8 Å². The highest BCUT2D eigenvalue weighted by Gasteiger charge is 2.10. The average molecular weight is 290 g/mol. The molecule has 2 nitrogen and oxygen atoms in total. The predicted octanol–water partition coefficient (Wildman–Crippen LogP) is 3.75. The normalized spacial score (nSPS) is 10.9. The molecular weight excluding hydrogens is 282 g/mol. The van der Waals surface area contributed by atoms with Crippen LogP contribution in [0.5, 0.6) is 0 Å². The highest BCUT2D eigenvalue weighted by molar-refractivity contribution is 9.10. The summed E-state index contributed by atoms with van der Waals surface area (Å²) in [6, 6.07) is 2.90. The van der Waals surface area contributed by atoms with E-state index in [1.807, 2.05) is 6.92 Å². The summed E-state index contributed by atoms with van der Waals surface area (Å²) in [6.45, 7) is 1.92. The van der Waals surface area contributed by atoms with E-state index in [1.54, 1.807) is 6.07 Å². The van der Waals surface area contributed by atoms with Crippen LogP contribution in [0.25, 0.3) is 10.9 Å². The van der Waals surface area contributed by atoms with Gasteiger partial charge in [-0.2, -0.15) is 0 Å². The molecule has 0 atom stereocenters. The number of halogens is 3. The smallest absolute Gasteiger partial charge is 0.151 e. The molecule has 0 unspecified atom stereocenters. The Hall–Kier alpha value is -0.740. The van der Waals surface area contributed by atoms with Crippen LogP contribution in [0.1, 0.15) is 12.7 Å². The van der Waals surface area contributed by atoms with Gasteiger partial charge in [0.1, 0.15) is 15.9 Å². The first-order valence-electron chi connectivity index (χ1n) is 4.43. The lowest BCUT2D eigenvalue weighted by Gasteiger charge is -2.04. The third-order valence-corrected chi connectivity index (χ3v) is 2.86. The van der Waals surface area contributed by atoms with Crippen LogP contribution in [0.3, 0.4) is 0 Å². The van der Waals surface area contributed by atoms with Gasteiger partial charge in [-0.15, -0.1) is 0 Å². The fourth-order valence-corrected chi connectivity index (χ4v) is 2.03. The highest BCUT2D eigenvalue weighted by Crippen LogP contribution is 2.26. The minimum Gasteiger partial charge on any atom is -0.230 e. The first-order valence-corrected chi connectivity index (χ1v) is 5.60. The van der Waals surface area contributed by atoms with Crippen molar-refractivity contribution in [3.8, 4) is 0 Å². The summed E-state index contributed by atoms with van der Waals surface area (Å²) < 4.78 is 14.1. The molecule has 0 spiro atoms. The molecule has 78 valence electrons. The van der Waals surface area contributed by atoms with Crippen molar-refractivity contribution < 1.29 is 4.39 Å². The lowest BCUT2D eigenvalue weighted by Crippen LogP contribution is -1.96. The van der Waals surface area contributed by atoms with E-state index in [2.05, 4.69) is 25.9 Å². The summed E-state index contributed by atoms with van der Waals surface area (Å²) >= 11 is 9.03. The van der Waals surface area contributed by atoms with E-state index >= 15 is 0 Å². The summed E-state index contributed by atoms with van der Waals surface area (Å²) in [4.78, 5) is 8.30. The number of aryl methyl sites for hydroxylation is 1. The zero-order chi connectivity index (χ0) is 11.0. The van der Waals surface area contributed by atoms with Gasteiger partial charge in [-0.1, -0.05) is 18.5 Å². The summed E-state index contributed by atoms with van der Waals surface area (Å²) in [6.07, 6.45) is 0.663. The van der Waals surface area contributed by atoms with Crippen molar-refractivity contribution in [2.45, 2.75) is 13.3 Å². The Labute approximate surface area is 99.6 Å². The van der Waals surface area contributed by atoms with Crippen molar-refractivity contribution in [1.82, 2.24) is 9.97 Å². The van der Waals surface area contributed by atoms with Crippen molar-refractivity contribution in [2.75, 3.05) is 0 Å². The highest BCUT2D eigenvalue weighted by atomic mass is 79.9. The molecule has 0 bridgehead atoms. The van der Waals surface area contributed by atoms with Crippen LogP contribution in [0.15, 0.2) is 16.7 Å². The largest absolute Gasteiger partial charge is 0.230 e. The first kappa shape index (κ1) is 10.8. The molecule has 0 aliphatic rings. The second kappa shape index (κ2) is 4.02. The standard InChI is InChI=1S/C10H7BrClFN2/c1-2-8-14-9-6(10(11)15-8)3-5(12)4-7(9)13/h3-4H,2H2,1H3. The van der Waals surface area contributed by atoms with Gasteiger partial charge in [0.15, 0.2) is 5.82 Å². The van der Waals surface area contributed by atoms with Gasteiger partial charge in [-0.05, 0) is 28.1 Å². The maximum atomic E-state index is 13.5. The van der Waals surface area contributed by atoms with E-state index in [-0.39, 0.29) is 0 Å². The van der Waals surface area contributed by atoms with Crippen LogP contribution in [0.2, 0.25) is 5.02 Å². The van der Waals surface area contributed by atoms with Crippen LogP contribution in [-0.2, 0) is 6.42 Å². The predicted molar refractivity (Wildman–Crippen MR) is 61.6 cm³/mol. The molecule has 1 heterocycles. The molecule has 0 aliphatic carbocycles. The van der Waals surface area contributed by atoms with Gasteiger partial charge < -0.3 is 0 Å². The average Bonchev–Trinajstić information content (AvgIpc) is 2.19. The zero-order valence-electron chi connectivity index (χ0n) is 7.89. The van der Waals surface area contributed by atoms with Gasteiger partial charge in [0.05, 0.1) is 0 Å². The molecule has 0 saturated heterocycles. The van der Waals surface area contributed by atoms with E-state index in [0.29, 0.717) is 32.8 Å². The number of rotatable bonds is 1. The maximum Gasteiger partial charge on any atom is 0.151 e. The quantitative estimate of drug-likeness (QED) is 0.747. The Morgan fingerprint density at radius 2 is 2.13 bits per heavy atom. The number of fused-ring (bicyclic) bond motifs is 1. The van der Waals surface area contributed by atoms with Gasteiger partial charge in [-0.3, -0.25) is 0 Å². The molecule has 0 radical (unpaired) electrons. The van der Waals surface area contributed by atoms with Gasteiger partial charge in [-0.25, -0.2) is 14.4 Å². The van der Waals surface area contributed by atoms with E-state index in [9.17, 15) is 4.39 Å². The second-order valence-electron chi connectivity index (χ2n) is 3.07. The molecule has 2 aromatic rings. The molecule has 0 saturated carbocycles. The number of hydrogen-bond acceptors (Lipinski definition) is 2. The van der Waals surface area contributed by atoms with E-state index < -0.39 is 5.82 Å². The lowest BCUT2D eigenvalue weighted by molar-refractivity contribution is 0.635. The number of benzene rings is 1. The molecular formula is C10H7BrClFN2. The summed E-state index contributed by atoms with van der Waals surface area (Å²) in [5, 5.41) is 0.936. The lowest BCUT2D eigenvalue weighted by atomic mass is 10.2. The zero-order valence-corrected chi connectivity index (χ0v) is 10.2. The summed E-state index contributed by atoms with van der Waals surface area (Å²) in [7, 11) is 0. The molecule has 0 fully saturated rings. The van der Waals surface area contributed by atoms with Crippen LogP contribution in [0, 0.1) is 5.82 Å². The Balaban J connectivity index is 2.85. The Morgan fingerprint density at radius 3 is 2.80 bits per heavy atom. The SMILES string of the molecule is CCc1nc(Br)c2cc(Cl)cc(F)c2n1. The molecule has 5 heteroatoms. The van der Waals surface area contributed by atoms with Crippen LogP contribution >= 0.6 is 27.5 Å². The fraction of sp³-hybridized carbons (Fsp3) is 0.200. The molecule has 2 rings (SSSR count). The van der Waals surface area contributed by atoms with Gasteiger partial charge in [0.2, 0.25) is 0 Å². The minimum absolute atomic E-state index is 0.304. The van der Waals surface area contributed by atoms with Crippen LogP contribution in [0.4, 0.5) is 4.39 Å². The maximum absolute atomic E-state index is 13.5. The van der Waals surface area contributed by atoms with Gasteiger partial charge in [0.25, 0.3) is 0 Å². The fourth-order valence-electron chi connectivity index (χ4n) is 1.32. The summed E-state index contributed by atoms with van der Waals surface area (Å²) in [5.41, 5.74) is 0.304. The van der Waals surface area contributed by atoms with Crippen molar-refractivity contribution in [3.05, 3.63) is 33.4 Å². The molecule has 15 heavy (non-hydrogen) atoms. The van der Waals surface area contributed by atoms with Crippen molar-refractivity contribution in [3.63, 3.8) is 0 Å². The number of aromatic nitrogens is 2. The van der Waals surface area contributed by atoms with Crippen molar-refractivity contribution in [2.24, 2.45) is 0 Å². The van der Waals surface area contributed by atoms with E-state index in [4.69, 9.17) is 11.6 Å². The molecule has 1 aromatic carbocycles. The van der Waals surface area contributed by atoms with Crippen molar-refractivity contribution in [1.29, 1.82) is 0 Å². The van der Waals surface area contributed by atoms with Crippen LogP contribution in [-0.4, -0.2) is 9.97 Å². The van der Waals surface area contributed by atoms with E-state index in [1.165, 1.54) is 6.07 Å². The monoisotopic (exact) mass is 288 g/mol. The van der Waals surface area contributed by atoms with E-state index in [0.717, 1.165) is 0 Å². The van der Waals surface area contributed by atoms with Crippen LogP contribution < -0.4 is 0 Å².